The first-order chi connectivity index (χ1) is 11.6. The number of nitrogens with two attached hydrogens (primary N) is 2. The Morgan fingerprint density at radius 1 is 0.792 bits per heavy atom. The van der Waals surface area contributed by atoms with E-state index in [0.717, 1.165) is 16.7 Å². The quantitative estimate of drug-likeness (QED) is 0.565. The second kappa shape index (κ2) is 6.87. The molecule has 0 bridgehead atoms. The normalized spacial score (nSPS) is 10.3. The van der Waals surface area contributed by atoms with Crippen LogP contribution in [0.3, 0.4) is 0 Å². The average Bonchev–Trinajstić information content (AvgIpc) is 2.60. The second-order valence-corrected chi connectivity index (χ2v) is 5.53. The minimum absolute atomic E-state index is 0.197. The summed E-state index contributed by atoms with van der Waals surface area (Å²) < 4.78 is 5.32. The number of carbonyl (C=O) groups is 1. The summed E-state index contributed by atoms with van der Waals surface area (Å²) in [6, 6.07) is 22.7. The maximum Gasteiger partial charge on any atom is 0.338 e. The topological polar surface area (TPSA) is 78.3 Å². The highest BCUT2D eigenvalue weighted by molar-refractivity contribution is 5.91. The van der Waals surface area contributed by atoms with Gasteiger partial charge in [-0.3, -0.25) is 0 Å². The number of hydrogen-bond donors (Lipinski definition) is 2. The molecule has 0 saturated carbocycles. The molecule has 0 aromatic heterocycles. The Morgan fingerprint density at radius 3 is 2.00 bits per heavy atom. The number of esters is 1. The van der Waals surface area contributed by atoms with Gasteiger partial charge in [-0.05, 0) is 34.9 Å². The fraction of sp³-hybridized carbons (Fsp3) is 0.0500. The summed E-state index contributed by atoms with van der Waals surface area (Å²) in [5.74, 6) is -0.443. The lowest BCUT2D eigenvalue weighted by molar-refractivity contribution is 0.0473. The van der Waals surface area contributed by atoms with Crippen LogP contribution in [0.25, 0.3) is 11.1 Å². The lowest BCUT2D eigenvalue weighted by Crippen LogP contribution is -2.06. The lowest BCUT2D eigenvalue weighted by Gasteiger charge is -2.08. The number of carbonyl (C=O) groups excluding carboxylic acids is 1. The maximum absolute atomic E-state index is 12.1. The third kappa shape index (κ3) is 3.73. The number of rotatable bonds is 4. The molecule has 24 heavy (non-hydrogen) atoms. The van der Waals surface area contributed by atoms with Crippen LogP contribution < -0.4 is 11.5 Å². The van der Waals surface area contributed by atoms with Crippen LogP contribution in [0.4, 0.5) is 11.4 Å². The summed E-state index contributed by atoms with van der Waals surface area (Å²) in [7, 11) is 0. The predicted octanol–water partition coefficient (Wildman–Crippen LogP) is 3.88. The van der Waals surface area contributed by atoms with Crippen LogP contribution in [0.15, 0.2) is 72.8 Å². The minimum Gasteiger partial charge on any atom is -0.457 e. The number of hydrogen-bond acceptors (Lipinski definition) is 4. The lowest BCUT2D eigenvalue weighted by atomic mass is 10.0. The number of anilines is 2. The van der Waals surface area contributed by atoms with E-state index in [1.54, 1.807) is 18.2 Å². The van der Waals surface area contributed by atoms with Crippen molar-refractivity contribution in [2.45, 2.75) is 6.61 Å². The molecule has 0 aliphatic carbocycles. The molecule has 0 atom stereocenters. The van der Waals surface area contributed by atoms with E-state index >= 15 is 0 Å². The first kappa shape index (κ1) is 15.6. The zero-order chi connectivity index (χ0) is 16.9. The number of benzene rings is 3. The third-order valence-electron chi connectivity index (χ3n) is 3.64. The van der Waals surface area contributed by atoms with Crippen molar-refractivity contribution < 1.29 is 9.53 Å². The Bertz CT molecular complexity index is 823. The van der Waals surface area contributed by atoms with Crippen LogP contribution in [0.1, 0.15) is 15.9 Å². The zero-order valence-corrected chi connectivity index (χ0v) is 13.1. The first-order valence-electron chi connectivity index (χ1n) is 7.59. The highest BCUT2D eigenvalue weighted by atomic mass is 16.5. The summed E-state index contributed by atoms with van der Waals surface area (Å²) in [5.41, 5.74) is 15.8. The molecule has 4 heteroatoms. The molecule has 3 aromatic carbocycles. The molecule has 0 amide bonds. The molecule has 0 saturated heterocycles. The van der Waals surface area contributed by atoms with Crippen molar-refractivity contribution in [2.75, 3.05) is 11.5 Å². The predicted molar refractivity (Wildman–Crippen MR) is 96.3 cm³/mol. The van der Waals surface area contributed by atoms with Crippen LogP contribution in [0.2, 0.25) is 0 Å². The Hall–Kier alpha value is -3.27. The van der Waals surface area contributed by atoms with Gasteiger partial charge in [0, 0.05) is 11.4 Å². The van der Waals surface area contributed by atoms with Gasteiger partial charge in [-0.2, -0.15) is 0 Å². The van der Waals surface area contributed by atoms with E-state index in [1.807, 2.05) is 42.5 Å². The monoisotopic (exact) mass is 318 g/mol. The van der Waals surface area contributed by atoms with Crippen molar-refractivity contribution in [3.05, 3.63) is 83.9 Å². The molecule has 0 aliphatic heterocycles. The molecule has 0 unspecified atom stereocenters. The van der Waals surface area contributed by atoms with E-state index in [-0.39, 0.29) is 6.61 Å². The summed E-state index contributed by atoms with van der Waals surface area (Å²) in [6.07, 6.45) is 0. The van der Waals surface area contributed by atoms with Gasteiger partial charge in [0.1, 0.15) is 6.61 Å². The summed E-state index contributed by atoms with van der Waals surface area (Å²) >= 11 is 0. The van der Waals surface area contributed by atoms with Gasteiger partial charge in [0.15, 0.2) is 0 Å². The van der Waals surface area contributed by atoms with Crippen molar-refractivity contribution in [3.8, 4) is 11.1 Å². The maximum atomic E-state index is 12.1. The Kier molecular flexibility index (Phi) is 4.47. The third-order valence-corrected chi connectivity index (χ3v) is 3.64. The van der Waals surface area contributed by atoms with Crippen molar-refractivity contribution in [1.29, 1.82) is 0 Å². The van der Waals surface area contributed by atoms with Gasteiger partial charge in [-0.25, -0.2) is 4.79 Å². The van der Waals surface area contributed by atoms with Gasteiger partial charge in [0.05, 0.1) is 5.56 Å². The van der Waals surface area contributed by atoms with Crippen LogP contribution in [-0.2, 0) is 11.3 Å². The minimum atomic E-state index is -0.443. The van der Waals surface area contributed by atoms with Gasteiger partial charge in [0.2, 0.25) is 0 Å². The standard InChI is InChI=1S/C20H18N2O2/c21-18-10-17(11-19(22)12-18)20(23)24-13-14-6-8-16(9-7-14)15-4-2-1-3-5-15/h1-12H,13,21-22H2. The SMILES string of the molecule is Nc1cc(N)cc(C(=O)OCc2ccc(-c3ccccc3)cc2)c1. The van der Waals surface area contributed by atoms with E-state index in [2.05, 4.69) is 12.1 Å². The summed E-state index contributed by atoms with van der Waals surface area (Å²) in [5, 5.41) is 0. The Balaban J connectivity index is 1.65. The fourth-order valence-corrected chi connectivity index (χ4v) is 2.45. The van der Waals surface area contributed by atoms with E-state index < -0.39 is 5.97 Å². The molecular weight excluding hydrogens is 300 g/mol. The van der Waals surface area contributed by atoms with E-state index in [9.17, 15) is 4.79 Å². The Morgan fingerprint density at radius 2 is 1.38 bits per heavy atom. The molecule has 3 aromatic rings. The van der Waals surface area contributed by atoms with E-state index in [4.69, 9.17) is 16.2 Å². The molecule has 0 spiro atoms. The van der Waals surface area contributed by atoms with Crippen LogP contribution >= 0.6 is 0 Å². The average molecular weight is 318 g/mol. The zero-order valence-electron chi connectivity index (χ0n) is 13.1. The van der Waals surface area contributed by atoms with Crippen molar-refractivity contribution in [1.82, 2.24) is 0 Å². The summed E-state index contributed by atoms with van der Waals surface area (Å²) in [6.45, 7) is 0.197. The van der Waals surface area contributed by atoms with Gasteiger partial charge >= 0.3 is 5.97 Å². The fourth-order valence-electron chi connectivity index (χ4n) is 2.45. The molecule has 3 rings (SSSR count). The van der Waals surface area contributed by atoms with Gasteiger partial charge < -0.3 is 16.2 Å². The highest BCUT2D eigenvalue weighted by Crippen LogP contribution is 2.20. The van der Waals surface area contributed by atoms with Gasteiger partial charge in [-0.1, -0.05) is 54.6 Å². The number of nitrogen functional groups attached to an aromatic ring is 2. The van der Waals surface area contributed by atoms with Crippen molar-refractivity contribution in [3.63, 3.8) is 0 Å². The smallest absolute Gasteiger partial charge is 0.338 e. The summed E-state index contributed by atoms with van der Waals surface area (Å²) in [4.78, 5) is 12.1. The molecule has 0 fully saturated rings. The van der Waals surface area contributed by atoms with Gasteiger partial charge in [-0.15, -0.1) is 0 Å². The molecule has 4 N–H and O–H groups in total. The van der Waals surface area contributed by atoms with Crippen LogP contribution in [-0.4, -0.2) is 5.97 Å². The molecular formula is C20H18N2O2. The van der Waals surface area contributed by atoms with E-state index in [0.29, 0.717) is 16.9 Å². The second-order valence-electron chi connectivity index (χ2n) is 5.53. The van der Waals surface area contributed by atoms with Crippen LogP contribution in [0, 0.1) is 0 Å². The highest BCUT2D eigenvalue weighted by Gasteiger charge is 2.09. The molecule has 120 valence electrons. The largest absolute Gasteiger partial charge is 0.457 e. The molecule has 0 heterocycles. The molecule has 0 aliphatic rings. The number of ether oxygens (including phenoxy) is 1. The van der Waals surface area contributed by atoms with Crippen LogP contribution in [0.5, 0.6) is 0 Å². The van der Waals surface area contributed by atoms with Crippen molar-refractivity contribution >= 4 is 17.3 Å². The van der Waals surface area contributed by atoms with Gasteiger partial charge in [0.25, 0.3) is 0 Å². The first-order valence-corrected chi connectivity index (χ1v) is 7.59. The molecule has 4 nitrogen and oxygen atoms in total. The van der Waals surface area contributed by atoms with Crippen molar-refractivity contribution in [2.24, 2.45) is 0 Å². The van der Waals surface area contributed by atoms with E-state index in [1.165, 1.54) is 0 Å². The molecule has 0 radical (unpaired) electrons. The Labute approximate surface area is 140 Å².